The summed E-state index contributed by atoms with van der Waals surface area (Å²) in [6.07, 6.45) is 0.626. The number of aryl methyl sites for hydroxylation is 1. The minimum Gasteiger partial charge on any atom is -0.493 e. The summed E-state index contributed by atoms with van der Waals surface area (Å²) < 4.78 is 11.3. The number of carbonyl (C=O) groups is 1. The van der Waals surface area contributed by atoms with Gasteiger partial charge in [0.05, 0.1) is 6.61 Å². The Hall–Kier alpha value is -1.55. The topological polar surface area (TPSA) is 47.6 Å². The van der Waals surface area contributed by atoms with Gasteiger partial charge in [0.2, 0.25) is 0 Å². The first kappa shape index (κ1) is 18.5. The number of carbonyl (C=O) groups excluding carboxylic acids is 1. The largest absolute Gasteiger partial charge is 0.493 e. The third-order valence-electron chi connectivity index (χ3n) is 3.62. The quantitative estimate of drug-likeness (QED) is 0.784. The molecule has 0 spiro atoms. The highest BCUT2D eigenvalue weighted by Crippen LogP contribution is 2.24. The lowest BCUT2D eigenvalue weighted by atomic mass is 10.0. The van der Waals surface area contributed by atoms with E-state index in [-0.39, 0.29) is 5.91 Å². The van der Waals surface area contributed by atoms with Gasteiger partial charge in [-0.2, -0.15) is 0 Å². The number of rotatable bonds is 8. The molecule has 0 unspecified atom stereocenters. The zero-order valence-electron chi connectivity index (χ0n) is 14.7. The summed E-state index contributed by atoms with van der Waals surface area (Å²) in [7, 11) is 0. The van der Waals surface area contributed by atoms with Crippen molar-refractivity contribution in [3.63, 3.8) is 0 Å². The van der Waals surface area contributed by atoms with Gasteiger partial charge in [-0.25, -0.2) is 0 Å². The van der Waals surface area contributed by atoms with E-state index in [0.29, 0.717) is 25.6 Å². The molecule has 1 aromatic carbocycles. The van der Waals surface area contributed by atoms with Gasteiger partial charge in [0.15, 0.2) is 0 Å². The Kier molecular flexibility index (Phi) is 6.88. The van der Waals surface area contributed by atoms with E-state index in [1.165, 1.54) is 0 Å². The molecule has 1 rings (SSSR count). The fourth-order valence-electron chi connectivity index (χ4n) is 2.06. The number of nitrogens with one attached hydrogen (secondary N) is 1. The molecule has 1 atom stereocenters. The molecular formula is C18H29NO3. The van der Waals surface area contributed by atoms with Gasteiger partial charge < -0.3 is 14.8 Å². The Bertz CT molecular complexity index is 499. The predicted molar refractivity (Wildman–Crippen MR) is 90.5 cm³/mol. The van der Waals surface area contributed by atoms with Gasteiger partial charge in [0, 0.05) is 12.3 Å². The molecule has 0 saturated heterocycles. The molecule has 0 aliphatic carbocycles. The van der Waals surface area contributed by atoms with E-state index in [1.807, 2.05) is 45.9 Å². The molecule has 0 aromatic heterocycles. The van der Waals surface area contributed by atoms with Crippen LogP contribution in [-0.4, -0.2) is 24.7 Å². The fourth-order valence-corrected chi connectivity index (χ4v) is 2.06. The third kappa shape index (κ3) is 5.02. The number of hydrogen-bond acceptors (Lipinski definition) is 3. The highest BCUT2D eigenvalue weighted by atomic mass is 16.5. The Morgan fingerprint density at radius 2 is 2.00 bits per heavy atom. The first-order chi connectivity index (χ1) is 10.3. The molecule has 4 heteroatoms. The molecule has 22 heavy (non-hydrogen) atoms. The average Bonchev–Trinajstić information content (AvgIpc) is 2.46. The van der Waals surface area contributed by atoms with Crippen molar-refractivity contribution in [2.75, 3.05) is 18.5 Å². The van der Waals surface area contributed by atoms with Gasteiger partial charge in [-0.3, -0.25) is 4.79 Å². The summed E-state index contributed by atoms with van der Waals surface area (Å²) in [5, 5.41) is 2.93. The van der Waals surface area contributed by atoms with Crippen LogP contribution in [0.4, 0.5) is 5.69 Å². The van der Waals surface area contributed by atoms with Crippen LogP contribution < -0.4 is 10.1 Å². The van der Waals surface area contributed by atoms with Gasteiger partial charge in [0.1, 0.15) is 11.4 Å². The van der Waals surface area contributed by atoms with Crippen molar-refractivity contribution in [2.45, 2.75) is 53.6 Å². The average molecular weight is 307 g/mol. The summed E-state index contributed by atoms with van der Waals surface area (Å²) in [6.45, 7) is 13.1. The lowest BCUT2D eigenvalue weighted by Crippen LogP contribution is -2.42. The molecule has 0 aliphatic rings. The lowest BCUT2D eigenvalue weighted by molar-refractivity contribution is -0.139. The summed E-state index contributed by atoms with van der Waals surface area (Å²) in [6, 6.07) is 5.69. The molecule has 0 saturated carbocycles. The minimum atomic E-state index is -0.796. The van der Waals surface area contributed by atoms with E-state index in [0.717, 1.165) is 17.0 Å². The Morgan fingerprint density at radius 1 is 1.32 bits per heavy atom. The molecular weight excluding hydrogens is 278 g/mol. The van der Waals surface area contributed by atoms with Gasteiger partial charge >= 0.3 is 0 Å². The van der Waals surface area contributed by atoms with Gasteiger partial charge in [-0.15, -0.1) is 0 Å². The summed E-state index contributed by atoms with van der Waals surface area (Å²) in [4.78, 5) is 12.4. The van der Waals surface area contributed by atoms with E-state index < -0.39 is 5.60 Å². The van der Waals surface area contributed by atoms with Gasteiger partial charge in [-0.05, 0) is 56.9 Å². The van der Waals surface area contributed by atoms with E-state index >= 15 is 0 Å². The predicted octanol–water partition coefficient (Wildman–Crippen LogP) is 4.17. The van der Waals surface area contributed by atoms with Crippen molar-refractivity contribution in [2.24, 2.45) is 5.92 Å². The molecule has 0 fully saturated rings. The summed E-state index contributed by atoms with van der Waals surface area (Å²) >= 11 is 0. The smallest absolute Gasteiger partial charge is 0.256 e. The molecule has 0 aliphatic heterocycles. The molecule has 1 aromatic rings. The summed E-state index contributed by atoms with van der Waals surface area (Å²) in [5.41, 5.74) is 0.974. The number of ether oxygens (including phenoxy) is 2. The molecule has 124 valence electrons. The number of benzene rings is 1. The highest BCUT2D eigenvalue weighted by Gasteiger charge is 2.31. The Balaban J connectivity index is 2.78. The molecule has 0 bridgehead atoms. The van der Waals surface area contributed by atoms with E-state index in [1.54, 1.807) is 0 Å². The second kappa shape index (κ2) is 8.18. The Labute approximate surface area is 134 Å². The van der Waals surface area contributed by atoms with Crippen LogP contribution in [0.5, 0.6) is 5.75 Å². The van der Waals surface area contributed by atoms with E-state index in [2.05, 4.69) is 19.2 Å². The van der Waals surface area contributed by atoms with Crippen LogP contribution in [0, 0.1) is 12.8 Å². The SMILES string of the molecule is CCO[C@@](C)(CC)C(=O)Nc1ccc(OCC(C)C)c(C)c1. The number of anilines is 1. The van der Waals surface area contributed by atoms with Crippen LogP contribution in [-0.2, 0) is 9.53 Å². The van der Waals surface area contributed by atoms with Crippen LogP contribution in [0.3, 0.4) is 0 Å². The second-order valence-electron chi connectivity index (χ2n) is 6.16. The van der Waals surface area contributed by atoms with E-state index in [4.69, 9.17) is 9.47 Å². The minimum absolute atomic E-state index is 0.118. The fraction of sp³-hybridized carbons (Fsp3) is 0.611. The number of amides is 1. The monoisotopic (exact) mass is 307 g/mol. The van der Waals surface area contributed by atoms with Crippen LogP contribution >= 0.6 is 0 Å². The van der Waals surface area contributed by atoms with Crippen LogP contribution in [0.2, 0.25) is 0 Å². The molecule has 4 nitrogen and oxygen atoms in total. The molecule has 1 amide bonds. The van der Waals surface area contributed by atoms with Crippen LogP contribution in [0.15, 0.2) is 18.2 Å². The van der Waals surface area contributed by atoms with E-state index in [9.17, 15) is 4.79 Å². The second-order valence-corrected chi connectivity index (χ2v) is 6.16. The zero-order chi connectivity index (χ0) is 16.8. The van der Waals surface area contributed by atoms with Crippen molar-refractivity contribution >= 4 is 11.6 Å². The first-order valence-electron chi connectivity index (χ1n) is 8.01. The lowest BCUT2D eigenvalue weighted by Gasteiger charge is -2.27. The number of hydrogen-bond donors (Lipinski definition) is 1. The molecule has 0 radical (unpaired) electrons. The standard InChI is InChI=1S/C18H29NO3/c1-7-18(6,22-8-2)17(20)19-15-9-10-16(14(5)11-15)21-12-13(3)4/h9-11,13H,7-8,12H2,1-6H3,(H,19,20)/t18-/m0/s1. The Morgan fingerprint density at radius 3 is 2.50 bits per heavy atom. The first-order valence-corrected chi connectivity index (χ1v) is 8.01. The normalized spacial score (nSPS) is 13.8. The van der Waals surface area contributed by atoms with Crippen molar-refractivity contribution in [3.05, 3.63) is 23.8 Å². The van der Waals surface area contributed by atoms with Crippen LogP contribution in [0.1, 0.15) is 46.6 Å². The maximum absolute atomic E-state index is 12.4. The van der Waals surface area contributed by atoms with Crippen LogP contribution in [0.25, 0.3) is 0 Å². The molecule has 1 N–H and O–H groups in total. The van der Waals surface area contributed by atoms with Crippen molar-refractivity contribution < 1.29 is 14.3 Å². The summed E-state index contributed by atoms with van der Waals surface area (Å²) in [5.74, 6) is 1.22. The third-order valence-corrected chi connectivity index (χ3v) is 3.62. The zero-order valence-corrected chi connectivity index (χ0v) is 14.7. The van der Waals surface area contributed by atoms with Crippen molar-refractivity contribution in [3.8, 4) is 5.75 Å². The van der Waals surface area contributed by atoms with Crippen molar-refractivity contribution in [1.29, 1.82) is 0 Å². The molecule has 0 heterocycles. The maximum atomic E-state index is 12.4. The maximum Gasteiger partial charge on any atom is 0.256 e. The van der Waals surface area contributed by atoms with Gasteiger partial charge in [0.25, 0.3) is 5.91 Å². The van der Waals surface area contributed by atoms with Crippen molar-refractivity contribution in [1.82, 2.24) is 0 Å². The highest BCUT2D eigenvalue weighted by molar-refractivity contribution is 5.97. The van der Waals surface area contributed by atoms with Gasteiger partial charge in [-0.1, -0.05) is 20.8 Å².